The molecule has 1 N–H and O–H groups in total. The normalized spacial score (nSPS) is 20.7. The molecule has 1 saturated heterocycles. The van der Waals surface area contributed by atoms with E-state index in [1.807, 2.05) is 40.1 Å². The Morgan fingerprint density at radius 2 is 1.83 bits per heavy atom. The number of piperidine rings is 1. The molecule has 0 unspecified atom stereocenters. The number of rotatable bonds is 3. The van der Waals surface area contributed by atoms with Gasteiger partial charge in [0.1, 0.15) is 5.69 Å². The molecule has 188 valence electrons. The highest BCUT2D eigenvalue weighted by Gasteiger charge is 2.43. The molecular formula is C29H34N4O3. The molecule has 36 heavy (non-hydrogen) atoms. The van der Waals surface area contributed by atoms with E-state index in [2.05, 4.69) is 31.2 Å². The second-order valence-electron chi connectivity index (χ2n) is 12.1. The standard InChI is InChI=1S/C29H34N4O3/c1-28(2,3)33-17-20-15-29(16-24(34)25(20)31-33)10-12-32(13-11-29)27(36)19-5-4-18-6-9-22(23(18)14-19)26(35)30-21-7-8-21/h4-5,9,14,17,21H,6-8,10-13,15-16H2,1-3H3,(H,30,35). The third-order valence-corrected chi connectivity index (χ3v) is 8.28. The number of fused-ring (bicyclic) bond motifs is 2. The Balaban J connectivity index is 1.15. The van der Waals surface area contributed by atoms with Crippen molar-refractivity contribution in [2.75, 3.05) is 13.1 Å². The second kappa shape index (κ2) is 8.15. The lowest BCUT2D eigenvalue weighted by Gasteiger charge is -2.43. The minimum Gasteiger partial charge on any atom is -0.349 e. The van der Waals surface area contributed by atoms with Gasteiger partial charge in [-0.25, -0.2) is 0 Å². The van der Waals surface area contributed by atoms with Crippen molar-refractivity contribution in [3.8, 4) is 0 Å². The zero-order chi connectivity index (χ0) is 25.2. The van der Waals surface area contributed by atoms with Crippen molar-refractivity contribution >= 4 is 23.2 Å². The van der Waals surface area contributed by atoms with Crippen LogP contribution in [0.5, 0.6) is 0 Å². The van der Waals surface area contributed by atoms with Crippen LogP contribution in [0.15, 0.2) is 30.5 Å². The van der Waals surface area contributed by atoms with Crippen LogP contribution in [0, 0.1) is 5.41 Å². The van der Waals surface area contributed by atoms with E-state index >= 15 is 0 Å². The number of benzene rings is 1. The van der Waals surface area contributed by atoms with Crippen LogP contribution >= 0.6 is 0 Å². The maximum atomic E-state index is 13.4. The van der Waals surface area contributed by atoms with E-state index < -0.39 is 0 Å². The molecule has 2 amide bonds. The van der Waals surface area contributed by atoms with Crippen molar-refractivity contribution < 1.29 is 14.4 Å². The van der Waals surface area contributed by atoms with Gasteiger partial charge in [-0.05, 0) is 88.0 Å². The summed E-state index contributed by atoms with van der Waals surface area (Å²) in [4.78, 5) is 41.0. The van der Waals surface area contributed by atoms with Crippen LogP contribution < -0.4 is 5.32 Å². The first-order valence-corrected chi connectivity index (χ1v) is 13.2. The Bertz CT molecular complexity index is 1300. The Labute approximate surface area is 211 Å². The van der Waals surface area contributed by atoms with Gasteiger partial charge in [0.2, 0.25) is 0 Å². The molecular weight excluding hydrogens is 452 g/mol. The average molecular weight is 487 g/mol. The molecule has 1 aliphatic heterocycles. The molecule has 0 atom stereocenters. The molecule has 1 spiro atoms. The zero-order valence-corrected chi connectivity index (χ0v) is 21.4. The number of nitrogens with one attached hydrogen (secondary N) is 1. The SMILES string of the molecule is CC(C)(C)n1cc2c(n1)C(=O)CC1(CCN(C(=O)c3ccc4c(c3)C(C(=O)NC3CC3)=CC4)CC1)C2. The van der Waals surface area contributed by atoms with Crippen LogP contribution in [0.4, 0.5) is 0 Å². The van der Waals surface area contributed by atoms with E-state index in [0.717, 1.165) is 55.2 Å². The van der Waals surface area contributed by atoms with Gasteiger partial charge in [0.05, 0.1) is 5.54 Å². The van der Waals surface area contributed by atoms with Crippen LogP contribution in [0.2, 0.25) is 0 Å². The smallest absolute Gasteiger partial charge is 0.253 e. The number of ketones is 1. The van der Waals surface area contributed by atoms with Gasteiger partial charge >= 0.3 is 0 Å². The number of hydrogen-bond donors (Lipinski definition) is 1. The summed E-state index contributed by atoms with van der Waals surface area (Å²) in [5.74, 6) is 0.100. The molecule has 7 heteroatoms. The van der Waals surface area contributed by atoms with Crippen LogP contribution in [0.3, 0.4) is 0 Å². The van der Waals surface area contributed by atoms with E-state index in [1.165, 1.54) is 0 Å². The Morgan fingerprint density at radius 1 is 1.08 bits per heavy atom. The third kappa shape index (κ3) is 4.08. The number of likely N-dealkylation sites (tertiary alicyclic amines) is 1. The number of aromatic nitrogens is 2. The van der Waals surface area contributed by atoms with E-state index in [4.69, 9.17) is 0 Å². The monoisotopic (exact) mass is 486 g/mol. The highest BCUT2D eigenvalue weighted by molar-refractivity contribution is 6.21. The van der Waals surface area contributed by atoms with Gasteiger partial charge in [-0.2, -0.15) is 5.10 Å². The summed E-state index contributed by atoms with van der Waals surface area (Å²) < 4.78 is 1.91. The predicted molar refractivity (Wildman–Crippen MR) is 137 cm³/mol. The number of carbonyl (C=O) groups is 3. The van der Waals surface area contributed by atoms with Crippen LogP contribution in [-0.2, 0) is 23.2 Å². The number of carbonyl (C=O) groups excluding carboxylic acids is 3. The topological polar surface area (TPSA) is 84.3 Å². The molecule has 3 aliphatic carbocycles. The third-order valence-electron chi connectivity index (χ3n) is 8.28. The Hall–Kier alpha value is -3.22. The van der Waals surface area contributed by atoms with E-state index in [0.29, 0.717) is 42.4 Å². The first-order valence-electron chi connectivity index (χ1n) is 13.2. The number of Topliss-reactive ketones (excluding diaryl/α,β-unsaturated/α-hetero) is 1. The molecule has 2 fully saturated rings. The van der Waals surface area contributed by atoms with Gasteiger partial charge in [-0.1, -0.05) is 12.1 Å². The van der Waals surface area contributed by atoms with Crippen molar-refractivity contribution in [2.24, 2.45) is 5.41 Å². The largest absolute Gasteiger partial charge is 0.349 e. The molecule has 7 nitrogen and oxygen atoms in total. The van der Waals surface area contributed by atoms with Gasteiger partial charge in [0.15, 0.2) is 5.78 Å². The molecule has 0 bridgehead atoms. The summed E-state index contributed by atoms with van der Waals surface area (Å²) in [6.07, 6.45) is 9.80. The lowest BCUT2D eigenvalue weighted by atomic mass is 9.67. The highest BCUT2D eigenvalue weighted by atomic mass is 16.2. The van der Waals surface area contributed by atoms with E-state index in [9.17, 15) is 14.4 Å². The van der Waals surface area contributed by atoms with Crippen molar-refractivity contribution in [3.05, 3.63) is 58.4 Å². The van der Waals surface area contributed by atoms with Crippen LogP contribution in [0.1, 0.15) is 90.4 Å². The fraction of sp³-hybridized carbons (Fsp3) is 0.517. The molecule has 1 saturated carbocycles. The first-order chi connectivity index (χ1) is 17.1. The van der Waals surface area contributed by atoms with Crippen LogP contribution in [0.25, 0.3) is 5.57 Å². The number of hydrogen-bond acceptors (Lipinski definition) is 4. The van der Waals surface area contributed by atoms with E-state index in [-0.39, 0.29) is 28.6 Å². The fourth-order valence-corrected chi connectivity index (χ4v) is 5.89. The number of nitrogens with zero attached hydrogens (tertiary/aromatic N) is 3. The van der Waals surface area contributed by atoms with Gasteiger partial charge in [-0.15, -0.1) is 0 Å². The van der Waals surface area contributed by atoms with Crippen molar-refractivity contribution in [1.82, 2.24) is 20.0 Å². The lowest BCUT2D eigenvalue weighted by Crippen LogP contribution is -2.46. The summed E-state index contributed by atoms with van der Waals surface area (Å²) in [5.41, 5.74) is 4.71. The Morgan fingerprint density at radius 3 is 2.53 bits per heavy atom. The minimum atomic E-state index is -0.163. The van der Waals surface area contributed by atoms with Crippen molar-refractivity contribution in [2.45, 2.75) is 77.3 Å². The van der Waals surface area contributed by atoms with Gasteiger partial charge in [-0.3, -0.25) is 19.1 Å². The van der Waals surface area contributed by atoms with Crippen LogP contribution in [-0.4, -0.2) is 51.4 Å². The fourth-order valence-electron chi connectivity index (χ4n) is 5.89. The highest BCUT2D eigenvalue weighted by Crippen LogP contribution is 2.44. The van der Waals surface area contributed by atoms with E-state index in [1.54, 1.807) is 0 Å². The summed E-state index contributed by atoms with van der Waals surface area (Å²) in [5, 5.41) is 7.67. The molecule has 2 aromatic rings. The summed E-state index contributed by atoms with van der Waals surface area (Å²) >= 11 is 0. The van der Waals surface area contributed by atoms with Crippen molar-refractivity contribution in [1.29, 1.82) is 0 Å². The molecule has 6 rings (SSSR count). The summed E-state index contributed by atoms with van der Waals surface area (Å²) in [6, 6.07) is 6.07. The summed E-state index contributed by atoms with van der Waals surface area (Å²) in [7, 11) is 0. The first kappa shape index (κ1) is 23.2. The molecule has 0 radical (unpaired) electrons. The number of allylic oxidation sites excluding steroid dienone is 1. The predicted octanol–water partition coefficient (Wildman–Crippen LogP) is 3.91. The molecule has 4 aliphatic rings. The summed E-state index contributed by atoms with van der Waals surface area (Å²) in [6.45, 7) is 7.54. The quantitative estimate of drug-likeness (QED) is 0.713. The average Bonchev–Trinajstić information content (AvgIpc) is 3.36. The second-order valence-corrected chi connectivity index (χ2v) is 12.1. The zero-order valence-electron chi connectivity index (χ0n) is 21.4. The van der Waals surface area contributed by atoms with Crippen molar-refractivity contribution in [3.63, 3.8) is 0 Å². The van der Waals surface area contributed by atoms with Gasteiger partial charge in [0.25, 0.3) is 11.8 Å². The molecule has 1 aromatic carbocycles. The Kier molecular flexibility index (Phi) is 5.25. The minimum absolute atomic E-state index is 0.00452. The van der Waals surface area contributed by atoms with Gasteiger partial charge in [0, 0.05) is 48.4 Å². The molecule has 2 heterocycles. The molecule has 1 aromatic heterocycles. The van der Waals surface area contributed by atoms with Gasteiger partial charge < -0.3 is 10.2 Å². The lowest BCUT2D eigenvalue weighted by molar-refractivity contribution is -0.115. The maximum Gasteiger partial charge on any atom is 0.253 e. The number of amides is 2. The maximum absolute atomic E-state index is 13.4.